The smallest absolute Gasteiger partial charge is 0.237 e. The number of carbonyl (C=O) groups excluding carboxylic acids is 1. The highest BCUT2D eigenvalue weighted by Crippen LogP contribution is 2.31. The van der Waals surface area contributed by atoms with Gasteiger partial charge in [-0.05, 0) is 50.5 Å². The van der Waals surface area contributed by atoms with E-state index in [1.165, 1.54) is 19.3 Å². The predicted octanol–water partition coefficient (Wildman–Crippen LogP) is 1.93. The number of likely N-dealkylation sites (tertiary alicyclic amines) is 1. The molecule has 1 aliphatic carbocycles. The Morgan fingerprint density at radius 1 is 1.19 bits per heavy atom. The molecule has 2 aliphatic heterocycles. The average molecular weight is 316 g/mol. The Morgan fingerprint density at radius 2 is 1.86 bits per heavy atom. The quantitative estimate of drug-likeness (QED) is 0.836. The number of hydrogen-bond acceptors (Lipinski definition) is 3. The van der Waals surface area contributed by atoms with Crippen molar-refractivity contribution in [2.24, 2.45) is 5.41 Å². The van der Waals surface area contributed by atoms with Crippen LogP contribution in [-0.2, 0) is 4.79 Å². The second-order valence-corrected chi connectivity index (χ2v) is 7.53. The molecule has 0 aromatic carbocycles. The molecule has 0 spiro atoms. The molecule has 21 heavy (non-hydrogen) atoms. The lowest BCUT2D eigenvalue weighted by Gasteiger charge is -2.40. The van der Waals surface area contributed by atoms with E-state index in [1.807, 2.05) is 0 Å². The van der Waals surface area contributed by atoms with Crippen LogP contribution in [0.2, 0.25) is 0 Å². The maximum Gasteiger partial charge on any atom is 0.237 e. The van der Waals surface area contributed by atoms with Gasteiger partial charge in [-0.15, -0.1) is 12.4 Å². The number of nitrogens with one attached hydrogen (secondary N) is 2. The number of nitrogens with zero attached hydrogens (tertiary/aromatic N) is 1. The Morgan fingerprint density at radius 3 is 2.43 bits per heavy atom. The monoisotopic (exact) mass is 315 g/mol. The second-order valence-electron chi connectivity index (χ2n) is 7.53. The van der Waals surface area contributed by atoms with Gasteiger partial charge in [-0.2, -0.15) is 0 Å². The van der Waals surface area contributed by atoms with Gasteiger partial charge in [0.2, 0.25) is 5.91 Å². The van der Waals surface area contributed by atoms with E-state index in [2.05, 4.69) is 29.4 Å². The van der Waals surface area contributed by atoms with Crippen LogP contribution in [0, 0.1) is 5.41 Å². The summed E-state index contributed by atoms with van der Waals surface area (Å²) in [6, 6.07) is 1.24. The van der Waals surface area contributed by atoms with E-state index in [4.69, 9.17) is 0 Å². The molecule has 2 N–H and O–H groups in total. The van der Waals surface area contributed by atoms with Crippen molar-refractivity contribution in [1.29, 1.82) is 0 Å². The third-order valence-corrected chi connectivity index (χ3v) is 5.33. The minimum atomic E-state index is -0.0160. The van der Waals surface area contributed by atoms with E-state index in [0.717, 1.165) is 44.9 Å². The first-order valence-electron chi connectivity index (χ1n) is 8.34. The minimum Gasteiger partial charge on any atom is -0.352 e. The van der Waals surface area contributed by atoms with E-state index >= 15 is 0 Å². The first kappa shape index (κ1) is 17.0. The molecule has 1 saturated carbocycles. The summed E-state index contributed by atoms with van der Waals surface area (Å²) in [6.45, 7) is 7.72. The Kier molecular flexibility index (Phi) is 5.55. The summed E-state index contributed by atoms with van der Waals surface area (Å²) in [5.41, 5.74) is 0.0804. The van der Waals surface area contributed by atoms with Crippen molar-refractivity contribution in [2.75, 3.05) is 19.6 Å². The first-order chi connectivity index (χ1) is 9.56. The molecule has 1 unspecified atom stereocenters. The van der Waals surface area contributed by atoms with Crippen molar-refractivity contribution in [2.45, 2.75) is 70.5 Å². The number of rotatable bonds is 3. The number of halogens is 1. The zero-order valence-electron chi connectivity index (χ0n) is 13.4. The Balaban J connectivity index is 0.00000161. The summed E-state index contributed by atoms with van der Waals surface area (Å²) >= 11 is 0. The highest BCUT2D eigenvalue weighted by atomic mass is 35.5. The van der Waals surface area contributed by atoms with E-state index in [1.54, 1.807) is 0 Å². The summed E-state index contributed by atoms with van der Waals surface area (Å²) in [6.07, 6.45) is 7.33. The topological polar surface area (TPSA) is 44.4 Å². The number of carbonyl (C=O) groups is 1. The van der Waals surface area contributed by atoms with Gasteiger partial charge in [-0.1, -0.05) is 13.8 Å². The fourth-order valence-corrected chi connectivity index (χ4v) is 3.79. The summed E-state index contributed by atoms with van der Waals surface area (Å²) in [5.74, 6) is 0.222. The molecule has 3 fully saturated rings. The van der Waals surface area contributed by atoms with Gasteiger partial charge in [0.1, 0.15) is 0 Å². The molecule has 0 aromatic rings. The van der Waals surface area contributed by atoms with Gasteiger partial charge in [-0.25, -0.2) is 0 Å². The van der Waals surface area contributed by atoms with Crippen LogP contribution in [0.25, 0.3) is 0 Å². The van der Waals surface area contributed by atoms with Crippen molar-refractivity contribution in [1.82, 2.24) is 15.5 Å². The van der Waals surface area contributed by atoms with Gasteiger partial charge < -0.3 is 15.5 Å². The van der Waals surface area contributed by atoms with E-state index in [-0.39, 0.29) is 29.8 Å². The summed E-state index contributed by atoms with van der Waals surface area (Å²) < 4.78 is 0. The molecular weight excluding hydrogens is 286 g/mol. The summed E-state index contributed by atoms with van der Waals surface area (Å²) in [4.78, 5) is 15.1. The molecule has 0 aromatic heterocycles. The molecule has 1 atom stereocenters. The predicted molar refractivity (Wildman–Crippen MR) is 87.8 cm³/mol. The number of piperidine rings is 2. The van der Waals surface area contributed by atoms with Crippen molar-refractivity contribution in [3.63, 3.8) is 0 Å². The SMILES string of the molecule is CC1(C)CCCNC1C(=O)NC1CCN(C2CC2)CC1.Cl. The summed E-state index contributed by atoms with van der Waals surface area (Å²) in [7, 11) is 0. The maximum atomic E-state index is 12.5. The molecule has 5 heteroatoms. The molecule has 2 heterocycles. The van der Waals surface area contributed by atoms with Crippen LogP contribution in [0.3, 0.4) is 0 Å². The Bertz CT molecular complexity index is 363. The second kappa shape index (κ2) is 6.84. The van der Waals surface area contributed by atoms with E-state index < -0.39 is 0 Å². The minimum absolute atomic E-state index is 0. The molecular formula is C16H30ClN3O. The van der Waals surface area contributed by atoms with Crippen LogP contribution in [0.5, 0.6) is 0 Å². The lowest BCUT2D eigenvalue weighted by Crippen LogP contribution is -2.58. The zero-order valence-corrected chi connectivity index (χ0v) is 14.2. The average Bonchev–Trinajstić information content (AvgIpc) is 3.23. The van der Waals surface area contributed by atoms with Crippen molar-refractivity contribution >= 4 is 18.3 Å². The van der Waals surface area contributed by atoms with Gasteiger partial charge in [0.25, 0.3) is 0 Å². The van der Waals surface area contributed by atoms with Crippen LogP contribution in [0.15, 0.2) is 0 Å². The summed E-state index contributed by atoms with van der Waals surface area (Å²) in [5, 5.41) is 6.71. The Hall–Kier alpha value is -0.320. The van der Waals surface area contributed by atoms with Gasteiger partial charge in [0, 0.05) is 25.2 Å². The maximum absolute atomic E-state index is 12.5. The van der Waals surface area contributed by atoms with Crippen LogP contribution in [-0.4, -0.2) is 48.6 Å². The fraction of sp³-hybridized carbons (Fsp3) is 0.938. The van der Waals surface area contributed by atoms with Gasteiger partial charge in [0.15, 0.2) is 0 Å². The third-order valence-electron chi connectivity index (χ3n) is 5.33. The Labute approximate surface area is 134 Å². The largest absolute Gasteiger partial charge is 0.352 e. The molecule has 1 amide bonds. The molecule has 122 valence electrons. The standard InChI is InChI=1S/C16H29N3O.ClH/c1-16(2)8-3-9-17-14(16)15(20)18-12-6-10-19(11-7-12)13-4-5-13;/h12-14,17H,3-11H2,1-2H3,(H,18,20);1H. The van der Waals surface area contributed by atoms with Crippen molar-refractivity contribution in [3.05, 3.63) is 0 Å². The van der Waals surface area contributed by atoms with Gasteiger partial charge in [-0.3, -0.25) is 4.79 Å². The third kappa shape index (κ3) is 4.11. The zero-order chi connectivity index (χ0) is 14.2. The van der Waals surface area contributed by atoms with Gasteiger partial charge in [0.05, 0.1) is 6.04 Å². The number of hydrogen-bond donors (Lipinski definition) is 2. The van der Waals surface area contributed by atoms with Crippen molar-refractivity contribution in [3.8, 4) is 0 Å². The lowest BCUT2D eigenvalue weighted by molar-refractivity contribution is -0.127. The highest BCUT2D eigenvalue weighted by molar-refractivity contribution is 5.85. The first-order valence-corrected chi connectivity index (χ1v) is 8.34. The van der Waals surface area contributed by atoms with Crippen LogP contribution >= 0.6 is 12.4 Å². The van der Waals surface area contributed by atoms with Crippen LogP contribution in [0.1, 0.15) is 52.4 Å². The normalized spacial score (nSPS) is 30.5. The lowest BCUT2D eigenvalue weighted by atomic mass is 9.77. The van der Waals surface area contributed by atoms with Crippen molar-refractivity contribution < 1.29 is 4.79 Å². The van der Waals surface area contributed by atoms with Gasteiger partial charge >= 0.3 is 0 Å². The van der Waals surface area contributed by atoms with E-state index in [0.29, 0.717) is 6.04 Å². The number of amides is 1. The molecule has 3 rings (SSSR count). The molecule has 0 radical (unpaired) electrons. The molecule has 2 saturated heterocycles. The molecule has 0 bridgehead atoms. The fourth-order valence-electron chi connectivity index (χ4n) is 3.79. The van der Waals surface area contributed by atoms with Crippen LogP contribution < -0.4 is 10.6 Å². The highest BCUT2D eigenvalue weighted by Gasteiger charge is 2.38. The van der Waals surface area contributed by atoms with Crippen LogP contribution in [0.4, 0.5) is 0 Å². The molecule has 3 aliphatic rings. The molecule has 4 nitrogen and oxygen atoms in total. The van der Waals surface area contributed by atoms with E-state index in [9.17, 15) is 4.79 Å².